The van der Waals surface area contributed by atoms with Gasteiger partial charge in [0.05, 0.1) is 12.7 Å². The predicted octanol–water partition coefficient (Wildman–Crippen LogP) is 6.13. The highest BCUT2D eigenvalue weighted by Crippen LogP contribution is 2.38. The maximum absolute atomic E-state index is 13.8. The van der Waals surface area contributed by atoms with Gasteiger partial charge in [-0.25, -0.2) is 4.39 Å². The van der Waals surface area contributed by atoms with E-state index >= 15 is 0 Å². The normalized spacial score (nSPS) is 19.5. The van der Waals surface area contributed by atoms with E-state index in [1.807, 2.05) is 18.2 Å². The van der Waals surface area contributed by atoms with E-state index in [9.17, 15) is 4.39 Å². The summed E-state index contributed by atoms with van der Waals surface area (Å²) in [6.07, 6.45) is 3.88. The van der Waals surface area contributed by atoms with Crippen LogP contribution in [0, 0.1) is 5.82 Å². The summed E-state index contributed by atoms with van der Waals surface area (Å²) in [4.78, 5) is 0. The monoisotopic (exact) mass is 443 g/mol. The average Bonchev–Trinajstić information content (AvgIpc) is 3.14. The molecule has 2 atom stereocenters. The van der Waals surface area contributed by atoms with Crippen molar-refractivity contribution in [3.63, 3.8) is 0 Å². The summed E-state index contributed by atoms with van der Waals surface area (Å²) < 4.78 is 26.5. The lowest BCUT2D eigenvalue weighted by Crippen LogP contribution is -2.44. The van der Waals surface area contributed by atoms with Crippen molar-refractivity contribution in [3.8, 4) is 5.75 Å². The molecule has 0 aliphatic carbocycles. The van der Waals surface area contributed by atoms with Gasteiger partial charge in [0, 0.05) is 12.6 Å². The second-order valence-electron chi connectivity index (χ2n) is 10.2. The molecule has 1 saturated heterocycles. The molecule has 2 aromatic rings. The molecule has 2 aromatic carbocycles. The van der Waals surface area contributed by atoms with E-state index in [2.05, 4.69) is 51.3 Å². The van der Waals surface area contributed by atoms with Gasteiger partial charge in [-0.05, 0) is 73.1 Å². The largest absolute Gasteiger partial charge is 0.493 e. The zero-order chi connectivity index (χ0) is 22.5. The first-order chi connectivity index (χ1) is 14.6. The molecule has 1 heterocycles. The third-order valence-electron chi connectivity index (χ3n) is 6.72. The van der Waals surface area contributed by atoms with Gasteiger partial charge in [0.15, 0.2) is 8.32 Å². The molecule has 0 radical (unpaired) electrons. The van der Waals surface area contributed by atoms with Crippen molar-refractivity contribution in [3.05, 3.63) is 65.5 Å². The Bertz CT molecular complexity index is 835. The summed E-state index contributed by atoms with van der Waals surface area (Å²) in [6, 6.07) is 15.6. The van der Waals surface area contributed by atoms with Gasteiger partial charge in [0.1, 0.15) is 11.6 Å². The minimum atomic E-state index is -1.74. The minimum Gasteiger partial charge on any atom is -0.493 e. The molecule has 170 valence electrons. The summed E-state index contributed by atoms with van der Waals surface area (Å²) >= 11 is 0. The Hall–Kier alpha value is -1.69. The lowest BCUT2D eigenvalue weighted by atomic mass is 10.0. The molecule has 1 aliphatic heterocycles. The number of rotatable bonds is 9. The van der Waals surface area contributed by atoms with Crippen molar-refractivity contribution in [2.45, 2.75) is 76.7 Å². The molecule has 3 nitrogen and oxygen atoms in total. The zero-order valence-corrected chi connectivity index (χ0v) is 20.7. The average molecular weight is 444 g/mol. The number of halogens is 1. The Labute approximate surface area is 188 Å². The zero-order valence-electron chi connectivity index (χ0n) is 19.7. The smallest absolute Gasteiger partial charge is 0.192 e. The highest BCUT2D eigenvalue weighted by atomic mass is 28.4. The van der Waals surface area contributed by atoms with Crippen molar-refractivity contribution in [2.75, 3.05) is 13.2 Å². The highest BCUT2D eigenvalue weighted by Gasteiger charge is 2.40. The molecule has 5 heteroatoms. The standard InChI is InChI=1S/C26H38FNO2Si/c1-26(2,3)31(4,5)30-24-18-23(28-19-24)15-16-29-25-14-13-22(27)17-21(25)12-11-20-9-7-6-8-10-20/h6-10,13-14,17,23-24,28H,11-12,15-16,18-19H2,1-5H3. The Morgan fingerprint density at radius 2 is 1.81 bits per heavy atom. The van der Waals surface area contributed by atoms with Crippen LogP contribution >= 0.6 is 0 Å². The number of aryl methyl sites for hydroxylation is 2. The number of benzene rings is 2. The number of hydrogen-bond acceptors (Lipinski definition) is 3. The third kappa shape index (κ3) is 6.89. The maximum Gasteiger partial charge on any atom is 0.192 e. The molecule has 1 N–H and O–H groups in total. The first-order valence-electron chi connectivity index (χ1n) is 11.5. The van der Waals surface area contributed by atoms with E-state index < -0.39 is 8.32 Å². The summed E-state index contributed by atoms with van der Waals surface area (Å²) in [7, 11) is -1.74. The summed E-state index contributed by atoms with van der Waals surface area (Å²) in [5.41, 5.74) is 2.18. The summed E-state index contributed by atoms with van der Waals surface area (Å²) in [6.45, 7) is 13.0. The van der Waals surface area contributed by atoms with E-state index in [1.54, 1.807) is 12.1 Å². The van der Waals surface area contributed by atoms with Crippen molar-refractivity contribution in [2.24, 2.45) is 0 Å². The van der Waals surface area contributed by atoms with E-state index in [1.165, 1.54) is 11.6 Å². The van der Waals surface area contributed by atoms with Crippen LogP contribution in [0.15, 0.2) is 48.5 Å². The van der Waals surface area contributed by atoms with Gasteiger partial charge in [-0.2, -0.15) is 0 Å². The molecular formula is C26H38FNO2Si. The summed E-state index contributed by atoms with van der Waals surface area (Å²) in [5.74, 6) is 0.586. The maximum atomic E-state index is 13.8. The van der Waals surface area contributed by atoms with Crippen LogP contribution in [0.5, 0.6) is 5.75 Å². The van der Waals surface area contributed by atoms with Gasteiger partial charge >= 0.3 is 0 Å². The van der Waals surface area contributed by atoms with E-state index in [0.717, 1.165) is 43.5 Å². The predicted molar refractivity (Wildman–Crippen MR) is 129 cm³/mol. The molecule has 1 aliphatic rings. The van der Waals surface area contributed by atoms with Gasteiger partial charge in [-0.15, -0.1) is 0 Å². The van der Waals surface area contributed by atoms with Crippen molar-refractivity contribution in [1.29, 1.82) is 0 Å². The van der Waals surface area contributed by atoms with Crippen LogP contribution in [-0.2, 0) is 17.3 Å². The molecule has 31 heavy (non-hydrogen) atoms. The van der Waals surface area contributed by atoms with Gasteiger partial charge in [0.2, 0.25) is 0 Å². The van der Waals surface area contributed by atoms with E-state index in [0.29, 0.717) is 12.6 Å². The van der Waals surface area contributed by atoms with Crippen LogP contribution in [0.25, 0.3) is 0 Å². The quantitative estimate of drug-likeness (QED) is 0.473. The van der Waals surface area contributed by atoms with Crippen molar-refractivity contribution >= 4 is 8.32 Å². The molecule has 0 saturated carbocycles. The van der Waals surface area contributed by atoms with Gasteiger partial charge in [-0.1, -0.05) is 51.1 Å². The van der Waals surface area contributed by atoms with Crippen molar-refractivity contribution < 1.29 is 13.6 Å². The fourth-order valence-corrected chi connectivity index (χ4v) is 5.17. The molecule has 2 unspecified atom stereocenters. The molecule has 0 bridgehead atoms. The van der Waals surface area contributed by atoms with Crippen LogP contribution in [0.4, 0.5) is 4.39 Å². The number of ether oxygens (including phenoxy) is 1. The van der Waals surface area contributed by atoms with E-state index in [-0.39, 0.29) is 17.0 Å². The van der Waals surface area contributed by atoms with Crippen LogP contribution < -0.4 is 10.1 Å². The number of nitrogens with one attached hydrogen (secondary N) is 1. The van der Waals surface area contributed by atoms with Crippen LogP contribution in [0.3, 0.4) is 0 Å². The van der Waals surface area contributed by atoms with Crippen LogP contribution in [0.1, 0.15) is 44.7 Å². The van der Waals surface area contributed by atoms with Crippen LogP contribution in [0.2, 0.25) is 18.1 Å². The lowest BCUT2D eigenvalue weighted by Gasteiger charge is -2.38. The second-order valence-corrected chi connectivity index (χ2v) is 15.0. The Kier molecular flexibility index (Phi) is 7.95. The highest BCUT2D eigenvalue weighted by molar-refractivity contribution is 6.74. The van der Waals surface area contributed by atoms with Gasteiger partial charge < -0.3 is 14.5 Å². The van der Waals surface area contributed by atoms with E-state index in [4.69, 9.17) is 9.16 Å². The third-order valence-corrected chi connectivity index (χ3v) is 11.3. The Balaban J connectivity index is 1.48. The first kappa shape index (κ1) is 24.0. The fourth-order valence-electron chi connectivity index (χ4n) is 3.80. The molecule has 3 rings (SSSR count). The minimum absolute atomic E-state index is 0.210. The second kappa shape index (κ2) is 10.3. The Morgan fingerprint density at radius 3 is 2.52 bits per heavy atom. The Morgan fingerprint density at radius 1 is 1.06 bits per heavy atom. The lowest BCUT2D eigenvalue weighted by molar-refractivity contribution is 0.195. The van der Waals surface area contributed by atoms with Crippen molar-refractivity contribution in [1.82, 2.24) is 5.32 Å². The van der Waals surface area contributed by atoms with Crippen LogP contribution in [-0.4, -0.2) is 33.6 Å². The topological polar surface area (TPSA) is 30.5 Å². The number of hydrogen-bond donors (Lipinski definition) is 1. The SMILES string of the molecule is CC(C)(C)[Si](C)(C)OC1CNC(CCOc2ccc(F)cc2CCc2ccccc2)C1. The molecule has 0 amide bonds. The molecule has 0 aromatic heterocycles. The van der Waals surface area contributed by atoms with Gasteiger partial charge in [0.25, 0.3) is 0 Å². The first-order valence-corrected chi connectivity index (χ1v) is 14.4. The fraction of sp³-hybridized carbons (Fsp3) is 0.538. The van der Waals surface area contributed by atoms with Gasteiger partial charge in [-0.3, -0.25) is 0 Å². The molecule has 0 spiro atoms. The molecule has 1 fully saturated rings. The molecular weight excluding hydrogens is 405 g/mol. The summed E-state index contributed by atoms with van der Waals surface area (Å²) in [5, 5.41) is 3.82.